The molecule has 7 nitrogen and oxygen atoms in total. The third-order valence-corrected chi connectivity index (χ3v) is 5.15. The van der Waals surface area contributed by atoms with Gasteiger partial charge >= 0.3 is 12.7 Å². The van der Waals surface area contributed by atoms with Gasteiger partial charge in [0.15, 0.2) is 11.6 Å². The Kier molecular flexibility index (Phi) is 7.46. The first-order chi connectivity index (χ1) is 15.4. The first kappa shape index (κ1) is 24.8. The highest BCUT2D eigenvalue weighted by atomic mass is 19.3. The monoisotopic (exact) mass is 467 g/mol. The van der Waals surface area contributed by atoms with Gasteiger partial charge in [0.25, 0.3) is 0 Å². The van der Waals surface area contributed by atoms with Gasteiger partial charge in [0, 0.05) is 6.42 Å². The highest BCUT2D eigenvalue weighted by Crippen LogP contribution is 2.29. The largest absolute Gasteiger partial charge is 0.447 e. The number of anilines is 1. The van der Waals surface area contributed by atoms with E-state index in [0.29, 0.717) is 12.2 Å². The first-order valence-electron chi connectivity index (χ1n) is 10.6. The van der Waals surface area contributed by atoms with Crippen LogP contribution >= 0.6 is 0 Å². The first-order valence-corrected chi connectivity index (χ1v) is 10.6. The van der Waals surface area contributed by atoms with Crippen molar-refractivity contribution in [1.82, 2.24) is 9.97 Å². The molecule has 3 rings (SSSR count). The van der Waals surface area contributed by atoms with Gasteiger partial charge in [-0.15, -0.1) is 0 Å². The van der Waals surface area contributed by atoms with E-state index in [0.717, 1.165) is 11.8 Å². The normalized spacial score (nSPS) is 18.4. The van der Waals surface area contributed by atoms with E-state index in [2.05, 4.69) is 14.7 Å². The molecule has 33 heavy (non-hydrogen) atoms. The Bertz CT molecular complexity index is 966. The van der Waals surface area contributed by atoms with Gasteiger partial charge in [-0.2, -0.15) is 8.78 Å². The molecule has 1 aromatic carbocycles. The van der Waals surface area contributed by atoms with Crippen LogP contribution in [0, 0.1) is 5.82 Å². The summed E-state index contributed by atoms with van der Waals surface area (Å²) in [7, 11) is 0. The lowest BCUT2D eigenvalue weighted by Crippen LogP contribution is -2.45. The summed E-state index contributed by atoms with van der Waals surface area (Å²) in [6.07, 6.45) is 0.240. The van der Waals surface area contributed by atoms with Crippen molar-refractivity contribution in [3.63, 3.8) is 0 Å². The Hall–Kier alpha value is -2.88. The van der Waals surface area contributed by atoms with Crippen LogP contribution in [0.15, 0.2) is 30.5 Å². The molecular formula is C23H28F3N3O4. The maximum atomic E-state index is 14.7. The maximum Gasteiger partial charge on any atom is 0.416 e. The van der Waals surface area contributed by atoms with E-state index in [9.17, 15) is 18.0 Å². The Morgan fingerprint density at radius 2 is 1.88 bits per heavy atom. The second-order valence-corrected chi connectivity index (χ2v) is 8.96. The predicted molar refractivity (Wildman–Crippen MR) is 115 cm³/mol. The molecule has 0 N–H and O–H groups in total. The van der Waals surface area contributed by atoms with Crippen LogP contribution in [0.3, 0.4) is 0 Å². The number of alkyl halides is 2. The average molecular weight is 467 g/mol. The van der Waals surface area contributed by atoms with Crippen LogP contribution in [0.25, 0.3) is 0 Å². The summed E-state index contributed by atoms with van der Waals surface area (Å²) in [4.78, 5) is 22.0. The number of cyclic esters (lactones) is 1. The number of rotatable bonds is 8. The van der Waals surface area contributed by atoms with Crippen molar-refractivity contribution in [3.05, 3.63) is 47.7 Å². The minimum Gasteiger partial charge on any atom is -0.447 e. The van der Waals surface area contributed by atoms with E-state index in [1.54, 1.807) is 19.1 Å². The van der Waals surface area contributed by atoms with E-state index in [4.69, 9.17) is 9.47 Å². The summed E-state index contributed by atoms with van der Waals surface area (Å²) in [6, 6.07) is 5.71. The maximum absolute atomic E-state index is 14.7. The molecule has 2 aromatic rings. The molecule has 1 saturated heterocycles. The lowest BCUT2D eigenvalue weighted by Gasteiger charge is -2.31. The zero-order valence-electron chi connectivity index (χ0n) is 19.2. The average Bonchev–Trinajstić information content (AvgIpc) is 3.09. The van der Waals surface area contributed by atoms with Crippen LogP contribution < -0.4 is 9.64 Å². The molecule has 10 heteroatoms. The topological polar surface area (TPSA) is 73.8 Å². The molecule has 0 spiro atoms. The molecule has 0 unspecified atom stereocenters. The number of ether oxygens (including phenoxy) is 3. The third kappa shape index (κ3) is 6.34. The van der Waals surface area contributed by atoms with Crippen LogP contribution in [0.5, 0.6) is 5.75 Å². The molecule has 1 aliphatic rings. The van der Waals surface area contributed by atoms with Crippen LogP contribution in [0.1, 0.15) is 51.9 Å². The van der Waals surface area contributed by atoms with Gasteiger partial charge in [-0.3, -0.25) is 0 Å². The quantitative estimate of drug-likeness (QED) is 0.538. The number of benzene rings is 1. The number of aromatic nitrogens is 2. The number of amides is 1. The SMILES string of the molecule is C[C@H](Cc1ncc(F)c(N2C(=O)OC[C@@H]2[C@@H](C)OC(C)(C)C)n1)c1ccc(OC(F)F)cc1. The Balaban J connectivity index is 1.79. The van der Waals surface area contributed by atoms with Gasteiger partial charge in [-0.1, -0.05) is 19.1 Å². The van der Waals surface area contributed by atoms with Gasteiger partial charge in [0.05, 0.1) is 17.9 Å². The summed E-state index contributed by atoms with van der Waals surface area (Å²) in [6.45, 7) is 6.54. The molecular weight excluding hydrogens is 439 g/mol. The number of hydrogen-bond donors (Lipinski definition) is 0. The lowest BCUT2D eigenvalue weighted by molar-refractivity contribution is -0.0619. The summed E-state index contributed by atoms with van der Waals surface area (Å²) < 4.78 is 54.8. The van der Waals surface area contributed by atoms with Gasteiger partial charge in [0.1, 0.15) is 24.2 Å². The van der Waals surface area contributed by atoms with Crippen molar-refractivity contribution in [2.75, 3.05) is 11.5 Å². The zero-order chi connectivity index (χ0) is 24.3. The van der Waals surface area contributed by atoms with Gasteiger partial charge < -0.3 is 14.2 Å². The van der Waals surface area contributed by atoms with Gasteiger partial charge in [0.2, 0.25) is 0 Å². The number of halogens is 3. The highest BCUT2D eigenvalue weighted by Gasteiger charge is 2.41. The van der Waals surface area contributed by atoms with E-state index in [1.165, 1.54) is 17.0 Å². The molecule has 3 atom stereocenters. The molecule has 0 saturated carbocycles. The van der Waals surface area contributed by atoms with Crippen molar-refractivity contribution in [2.45, 2.75) is 71.3 Å². The van der Waals surface area contributed by atoms with Crippen molar-refractivity contribution in [1.29, 1.82) is 0 Å². The Morgan fingerprint density at radius 3 is 2.48 bits per heavy atom. The number of hydrogen-bond acceptors (Lipinski definition) is 6. The number of carbonyl (C=O) groups excluding carboxylic acids is 1. The van der Waals surface area contributed by atoms with Crippen molar-refractivity contribution in [3.8, 4) is 5.75 Å². The second-order valence-electron chi connectivity index (χ2n) is 8.96. The molecule has 0 aliphatic carbocycles. The summed E-state index contributed by atoms with van der Waals surface area (Å²) >= 11 is 0. The summed E-state index contributed by atoms with van der Waals surface area (Å²) in [5.74, 6) is -0.620. The number of nitrogens with zero attached hydrogens (tertiary/aromatic N) is 3. The van der Waals surface area contributed by atoms with Crippen LogP contribution in [0.2, 0.25) is 0 Å². The lowest BCUT2D eigenvalue weighted by atomic mass is 9.97. The summed E-state index contributed by atoms with van der Waals surface area (Å²) in [5, 5.41) is 0. The van der Waals surface area contributed by atoms with E-state index < -0.39 is 36.3 Å². The molecule has 1 aliphatic heterocycles. The van der Waals surface area contributed by atoms with E-state index in [1.807, 2.05) is 27.7 Å². The van der Waals surface area contributed by atoms with Gasteiger partial charge in [-0.25, -0.2) is 24.1 Å². The Morgan fingerprint density at radius 1 is 1.21 bits per heavy atom. The highest BCUT2D eigenvalue weighted by molar-refractivity contribution is 5.89. The molecule has 1 fully saturated rings. The smallest absolute Gasteiger partial charge is 0.416 e. The number of carbonyl (C=O) groups is 1. The van der Waals surface area contributed by atoms with Crippen LogP contribution in [-0.2, 0) is 15.9 Å². The van der Waals surface area contributed by atoms with Gasteiger partial charge in [-0.05, 0) is 51.3 Å². The standard InChI is InChI=1S/C23H28F3N3O4/c1-13(15-6-8-16(9-7-15)32-21(25)26)10-19-27-11-17(24)20(28-19)29-18(12-31-22(29)30)14(2)33-23(3,4)5/h6-9,11,13-14,18,21H,10,12H2,1-5H3/t13-,14-,18-/m1/s1. The minimum atomic E-state index is -2.89. The van der Waals surface area contributed by atoms with E-state index >= 15 is 0 Å². The predicted octanol–water partition coefficient (Wildman–Crippen LogP) is 5.09. The van der Waals surface area contributed by atoms with Crippen LogP contribution in [0.4, 0.5) is 23.8 Å². The summed E-state index contributed by atoms with van der Waals surface area (Å²) in [5.41, 5.74) is 0.383. The second kappa shape index (κ2) is 9.94. The third-order valence-electron chi connectivity index (χ3n) is 5.15. The molecule has 2 heterocycles. The van der Waals surface area contributed by atoms with Crippen molar-refractivity contribution >= 4 is 11.9 Å². The molecule has 1 aromatic heterocycles. The molecule has 0 bridgehead atoms. The van der Waals surface area contributed by atoms with E-state index in [-0.39, 0.29) is 24.1 Å². The Labute approximate surface area is 190 Å². The fourth-order valence-electron chi connectivity index (χ4n) is 3.69. The minimum absolute atomic E-state index is 0.0539. The van der Waals surface area contributed by atoms with Crippen molar-refractivity contribution in [2.24, 2.45) is 0 Å². The zero-order valence-corrected chi connectivity index (χ0v) is 19.2. The molecule has 1 amide bonds. The fraction of sp³-hybridized carbons (Fsp3) is 0.522. The molecule has 0 radical (unpaired) electrons. The van der Waals surface area contributed by atoms with Crippen LogP contribution in [-0.4, -0.2) is 47.0 Å². The fourth-order valence-corrected chi connectivity index (χ4v) is 3.69. The van der Waals surface area contributed by atoms with Crippen molar-refractivity contribution < 1.29 is 32.2 Å². The molecule has 180 valence electrons.